The van der Waals surface area contributed by atoms with Crippen LogP contribution in [-0.4, -0.2) is 51.8 Å². The van der Waals surface area contributed by atoms with E-state index in [9.17, 15) is 0 Å². The van der Waals surface area contributed by atoms with Gasteiger partial charge in [-0.1, -0.05) is 0 Å². The van der Waals surface area contributed by atoms with E-state index in [-0.39, 0.29) is 0 Å². The molecule has 124 valence electrons. The number of nitrogens with zero attached hydrogens (tertiary/aromatic N) is 4. The molecular formula is C18H26N4O. The van der Waals surface area contributed by atoms with Gasteiger partial charge in [0.05, 0.1) is 12.6 Å². The van der Waals surface area contributed by atoms with Gasteiger partial charge in [-0.15, -0.1) is 0 Å². The highest BCUT2D eigenvalue weighted by atomic mass is 16.5. The standard InChI is InChI=1S/C18H26N4O/c1-13(2)21-9-7-15(11-21)22-17(14-5-4-10-23-12-14)20-16-6-3-8-19-18(16)22/h3,6,8,13-15H,4-5,7,9-12H2,1-2H3. The zero-order valence-corrected chi connectivity index (χ0v) is 14.1. The molecule has 0 spiro atoms. The smallest absolute Gasteiger partial charge is 0.160 e. The van der Waals surface area contributed by atoms with Crippen LogP contribution in [0.3, 0.4) is 0 Å². The molecular weight excluding hydrogens is 288 g/mol. The summed E-state index contributed by atoms with van der Waals surface area (Å²) in [6.07, 6.45) is 5.37. The molecule has 0 saturated carbocycles. The Kier molecular flexibility index (Phi) is 4.07. The maximum absolute atomic E-state index is 5.73. The first kappa shape index (κ1) is 15.1. The van der Waals surface area contributed by atoms with E-state index in [4.69, 9.17) is 9.72 Å². The lowest BCUT2D eigenvalue weighted by Crippen LogP contribution is -2.29. The van der Waals surface area contributed by atoms with Crippen molar-refractivity contribution in [2.24, 2.45) is 0 Å². The van der Waals surface area contributed by atoms with Gasteiger partial charge in [0.15, 0.2) is 5.65 Å². The fourth-order valence-electron chi connectivity index (χ4n) is 3.99. The van der Waals surface area contributed by atoms with E-state index in [2.05, 4.69) is 34.4 Å². The van der Waals surface area contributed by atoms with Gasteiger partial charge in [0.2, 0.25) is 0 Å². The first-order valence-corrected chi connectivity index (χ1v) is 8.88. The van der Waals surface area contributed by atoms with Crippen LogP contribution in [0, 0.1) is 0 Å². The largest absolute Gasteiger partial charge is 0.381 e. The number of rotatable bonds is 3. The second kappa shape index (κ2) is 6.21. The molecule has 0 amide bonds. The molecule has 0 aliphatic carbocycles. The van der Waals surface area contributed by atoms with Gasteiger partial charge in [-0.3, -0.25) is 4.90 Å². The van der Waals surface area contributed by atoms with Crippen molar-refractivity contribution in [3.05, 3.63) is 24.2 Å². The van der Waals surface area contributed by atoms with Gasteiger partial charge < -0.3 is 9.30 Å². The van der Waals surface area contributed by atoms with E-state index in [1.807, 2.05) is 12.3 Å². The number of hydrogen-bond donors (Lipinski definition) is 0. The minimum Gasteiger partial charge on any atom is -0.381 e. The van der Waals surface area contributed by atoms with Gasteiger partial charge >= 0.3 is 0 Å². The second-order valence-corrected chi connectivity index (χ2v) is 7.13. The summed E-state index contributed by atoms with van der Waals surface area (Å²) in [5.74, 6) is 1.60. The highest BCUT2D eigenvalue weighted by molar-refractivity contribution is 5.71. The lowest BCUT2D eigenvalue weighted by molar-refractivity contribution is 0.0766. The van der Waals surface area contributed by atoms with Gasteiger partial charge in [-0.25, -0.2) is 9.97 Å². The Labute approximate surface area is 137 Å². The molecule has 2 aromatic rings. The van der Waals surface area contributed by atoms with Crippen molar-refractivity contribution in [1.29, 1.82) is 0 Å². The van der Waals surface area contributed by atoms with Crippen molar-refractivity contribution in [2.45, 2.75) is 51.1 Å². The van der Waals surface area contributed by atoms with E-state index in [1.54, 1.807) is 0 Å². The van der Waals surface area contributed by atoms with E-state index in [1.165, 1.54) is 18.7 Å². The zero-order valence-electron chi connectivity index (χ0n) is 14.1. The Hall–Kier alpha value is -1.46. The molecule has 2 aliphatic heterocycles. The number of imidazole rings is 1. The van der Waals surface area contributed by atoms with Crippen LogP contribution in [0.2, 0.25) is 0 Å². The molecule has 5 nitrogen and oxygen atoms in total. The van der Waals surface area contributed by atoms with E-state index >= 15 is 0 Å². The summed E-state index contributed by atoms with van der Waals surface area (Å²) in [4.78, 5) is 12.2. The maximum atomic E-state index is 5.73. The minimum atomic E-state index is 0.408. The van der Waals surface area contributed by atoms with Crippen LogP contribution >= 0.6 is 0 Å². The molecule has 2 saturated heterocycles. The molecule has 2 fully saturated rings. The van der Waals surface area contributed by atoms with Crippen LogP contribution in [-0.2, 0) is 4.74 Å². The maximum Gasteiger partial charge on any atom is 0.160 e. The first-order chi connectivity index (χ1) is 11.2. The van der Waals surface area contributed by atoms with Crippen LogP contribution < -0.4 is 0 Å². The number of pyridine rings is 1. The SMILES string of the molecule is CC(C)N1CCC(n2c(C3CCCOC3)nc3cccnc32)C1. The molecule has 23 heavy (non-hydrogen) atoms. The lowest BCUT2D eigenvalue weighted by atomic mass is 10.0. The quantitative estimate of drug-likeness (QED) is 0.873. The van der Waals surface area contributed by atoms with Gasteiger partial charge in [-0.2, -0.15) is 0 Å². The number of hydrogen-bond acceptors (Lipinski definition) is 4. The number of aromatic nitrogens is 3. The summed E-state index contributed by atoms with van der Waals surface area (Å²) in [6.45, 7) is 8.50. The van der Waals surface area contributed by atoms with Crippen molar-refractivity contribution < 1.29 is 4.74 Å². The average Bonchev–Trinajstić information content (AvgIpc) is 3.20. The Bertz CT molecular complexity index is 675. The van der Waals surface area contributed by atoms with Gasteiger partial charge in [-0.05, 0) is 45.2 Å². The normalized spacial score (nSPS) is 26.4. The first-order valence-electron chi connectivity index (χ1n) is 8.88. The third-order valence-electron chi connectivity index (χ3n) is 5.29. The van der Waals surface area contributed by atoms with Crippen LogP contribution in [0.1, 0.15) is 50.9 Å². The van der Waals surface area contributed by atoms with Crippen LogP contribution in [0.25, 0.3) is 11.2 Å². The molecule has 0 aromatic carbocycles. The van der Waals surface area contributed by atoms with Crippen molar-refractivity contribution in [1.82, 2.24) is 19.4 Å². The van der Waals surface area contributed by atoms with Crippen LogP contribution in [0.15, 0.2) is 18.3 Å². The predicted molar refractivity (Wildman–Crippen MR) is 90.7 cm³/mol. The number of ether oxygens (including phenoxy) is 1. The second-order valence-electron chi connectivity index (χ2n) is 7.13. The Morgan fingerprint density at radius 1 is 1.30 bits per heavy atom. The van der Waals surface area contributed by atoms with Crippen LogP contribution in [0.4, 0.5) is 0 Å². The Morgan fingerprint density at radius 2 is 2.22 bits per heavy atom. The average molecular weight is 314 g/mol. The molecule has 2 unspecified atom stereocenters. The summed E-state index contributed by atoms with van der Waals surface area (Å²) >= 11 is 0. The summed E-state index contributed by atoms with van der Waals surface area (Å²) in [6, 6.07) is 5.15. The van der Waals surface area contributed by atoms with Gasteiger partial charge in [0.1, 0.15) is 11.3 Å². The van der Waals surface area contributed by atoms with Gasteiger partial charge in [0, 0.05) is 37.9 Å². The fraction of sp³-hybridized carbons (Fsp3) is 0.667. The molecule has 0 radical (unpaired) electrons. The summed E-state index contributed by atoms with van der Waals surface area (Å²) in [5.41, 5.74) is 2.07. The van der Waals surface area contributed by atoms with Crippen molar-refractivity contribution in [2.75, 3.05) is 26.3 Å². The monoisotopic (exact) mass is 314 g/mol. The minimum absolute atomic E-state index is 0.408. The molecule has 0 bridgehead atoms. The predicted octanol–water partition coefficient (Wildman–Crippen LogP) is 2.98. The summed E-state index contributed by atoms with van der Waals surface area (Å²) in [5, 5.41) is 0. The zero-order chi connectivity index (χ0) is 15.8. The van der Waals surface area contributed by atoms with Crippen LogP contribution in [0.5, 0.6) is 0 Å². The summed E-state index contributed by atoms with van der Waals surface area (Å²) in [7, 11) is 0. The highest BCUT2D eigenvalue weighted by Crippen LogP contribution is 2.33. The molecule has 2 aliphatic rings. The fourth-order valence-corrected chi connectivity index (χ4v) is 3.99. The van der Waals surface area contributed by atoms with E-state index < -0.39 is 0 Å². The third-order valence-corrected chi connectivity index (χ3v) is 5.29. The Morgan fingerprint density at radius 3 is 2.96 bits per heavy atom. The lowest BCUT2D eigenvalue weighted by Gasteiger charge is -2.25. The molecule has 4 rings (SSSR count). The highest BCUT2D eigenvalue weighted by Gasteiger charge is 2.31. The van der Waals surface area contributed by atoms with Crippen molar-refractivity contribution in [3.8, 4) is 0 Å². The molecule has 4 heterocycles. The van der Waals surface area contributed by atoms with Crippen molar-refractivity contribution >= 4 is 11.2 Å². The summed E-state index contributed by atoms with van der Waals surface area (Å²) < 4.78 is 8.15. The Balaban J connectivity index is 1.74. The van der Waals surface area contributed by atoms with E-state index in [0.29, 0.717) is 18.0 Å². The van der Waals surface area contributed by atoms with Gasteiger partial charge in [0.25, 0.3) is 0 Å². The third kappa shape index (κ3) is 2.76. The van der Waals surface area contributed by atoms with Crippen molar-refractivity contribution in [3.63, 3.8) is 0 Å². The molecule has 2 atom stereocenters. The molecule has 0 N–H and O–H groups in total. The van der Waals surface area contributed by atoms with E-state index in [0.717, 1.165) is 43.9 Å². The topological polar surface area (TPSA) is 43.2 Å². The molecule has 5 heteroatoms. The molecule has 2 aromatic heterocycles. The number of likely N-dealkylation sites (tertiary alicyclic amines) is 1. The number of fused-ring (bicyclic) bond motifs is 1.